The Bertz CT molecular complexity index is 600. The van der Waals surface area contributed by atoms with Crippen molar-refractivity contribution in [2.24, 2.45) is 0 Å². The minimum Gasteiger partial charge on any atom is -0.335 e. The first-order valence-corrected chi connectivity index (χ1v) is 6.79. The Morgan fingerprint density at radius 2 is 1.90 bits per heavy atom. The van der Waals surface area contributed by atoms with Crippen LogP contribution in [-0.2, 0) is 0 Å². The first-order valence-electron chi connectivity index (χ1n) is 6.79. The molecule has 0 N–H and O–H groups in total. The van der Waals surface area contributed by atoms with Crippen LogP contribution in [0.15, 0.2) is 18.3 Å². The molecule has 6 nitrogen and oxygen atoms in total. The second-order valence-corrected chi connectivity index (χ2v) is 5.49. The molecule has 1 fully saturated rings. The molecule has 0 bridgehead atoms. The summed E-state index contributed by atoms with van der Waals surface area (Å²) in [7, 11) is 0. The van der Waals surface area contributed by atoms with Crippen molar-refractivity contribution < 1.29 is 4.79 Å². The predicted octanol–water partition coefficient (Wildman–Crippen LogP) is 1.01. The summed E-state index contributed by atoms with van der Waals surface area (Å²) in [5, 5.41) is 17.9. The third-order valence-corrected chi connectivity index (χ3v) is 3.74. The molecule has 0 aromatic carbocycles. The van der Waals surface area contributed by atoms with Crippen molar-refractivity contribution in [1.29, 1.82) is 10.5 Å². The van der Waals surface area contributed by atoms with Crippen LogP contribution in [0.3, 0.4) is 0 Å². The maximum absolute atomic E-state index is 12.3. The molecule has 0 saturated carbocycles. The molecule has 2 rings (SSSR count). The highest BCUT2D eigenvalue weighted by molar-refractivity contribution is 5.92. The Morgan fingerprint density at radius 3 is 2.38 bits per heavy atom. The van der Waals surface area contributed by atoms with Crippen molar-refractivity contribution in [3.05, 3.63) is 29.6 Å². The molecule has 0 unspecified atom stereocenters. The summed E-state index contributed by atoms with van der Waals surface area (Å²) in [6.07, 6.45) is 1.41. The van der Waals surface area contributed by atoms with Crippen molar-refractivity contribution in [3.8, 4) is 12.1 Å². The fourth-order valence-electron chi connectivity index (χ4n) is 2.29. The minimum atomic E-state index is -0.512. The third kappa shape index (κ3) is 3.18. The monoisotopic (exact) mass is 283 g/mol. The van der Waals surface area contributed by atoms with Gasteiger partial charge < -0.3 is 4.90 Å². The summed E-state index contributed by atoms with van der Waals surface area (Å²) in [6, 6.07) is 7.42. The first kappa shape index (κ1) is 15.0. The molecule has 1 amide bonds. The van der Waals surface area contributed by atoms with Crippen molar-refractivity contribution in [3.63, 3.8) is 0 Å². The van der Waals surface area contributed by atoms with E-state index in [1.54, 1.807) is 17.0 Å². The molecule has 0 aliphatic carbocycles. The van der Waals surface area contributed by atoms with Gasteiger partial charge in [-0.15, -0.1) is 0 Å². The number of rotatable bonds is 2. The summed E-state index contributed by atoms with van der Waals surface area (Å²) >= 11 is 0. The van der Waals surface area contributed by atoms with Gasteiger partial charge in [-0.2, -0.15) is 10.5 Å². The largest absolute Gasteiger partial charge is 0.335 e. The number of aromatic nitrogens is 1. The predicted molar refractivity (Wildman–Crippen MR) is 76.1 cm³/mol. The fourth-order valence-corrected chi connectivity index (χ4v) is 2.29. The summed E-state index contributed by atoms with van der Waals surface area (Å²) in [5.74, 6) is -0.131. The molecule has 1 aliphatic heterocycles. The highest BCUT2D eigenvalue weighted by Gasteiger charge is 2.31. The maximum Gasteiger partial charge on any atom is 0.272 e. The van der Waals surface area contributed by atoms with E-state index in [9.17, 15) is 4.79 Å². The molecule has 1 saturated heterocycles. The number of amides is 1. The van der Waals surface area contributed by atoms with E-state index in [1.807, 2.05) is 19.9 Å². The molecule has 0 spiro atoms. The molecular weight excluding hydrogens is 266 g/mol. The molecule has 0 radical (unpaired) electrons. The zero-order valence-electron chi connectivity index (χ0n) is 12.2. The second-order valence-electron chi connectivity index (χ2n) is 5.49. The smallest absolute Gasteiger partial charge is 0.272 e. The lowest BCUT2D eigenvalue weighted by Gasteiger charge is -2.40. The average molecular weight is 283 g/mol. The second kappa shape index (κ2) is 5.90. The molecule has 21 heavy (non-hydrogen) atoms. The van der Waals surface area contributed by atoms with E-state index in [-0.39, 0.29) is 5.91 Å². The first-order chi connectivity index (χ1) is 9.97. The van der Waals surface area contributed by atoms with E-state index in [4.69, 9.17) is 10.5 Å². The van der Waals surface area contributed by atoms with Gasteiger partial charge in [0.25, 0.3) is 5.91 Å². The van der Waals surface area contributed by atoms with Crippen LogP contribution in [0, 0.1) is 22.7 Å². The standard InChI is InChI=1S/C15H17N5O/c1-15(2,11-17)20-7-5-19(6-8-20)14(21)13-4-3-12(9-16)10-18-13/h3-4,10H,5-8H2,1-2H3. The number of carbonyl (C=O) groups excluding carboxylic acids is 1. The highest BCUT2D eigenvalue weighted by atomic mass is 16.2. The van der Waals surface area contributed by atoms with Gasteiger partial charge in [-0.3, -0.25) is 9.69 Å². The van der Waals surface area contributed by atoms with Gasteiger partial charge >= 0.3 is 0 Å². The van der Waals surface area contributed by atoms with E-state index in [2.05, 4.69) is 16.0 Å². The van der Waals surface area contributed by atoms with E-state index < -0.39 is 5.54 Å². The van der Waals surface area contributed by atoms with Gasteiger partial charge in [0.05, 0.1) is 11.6 Å². The van der Waals surface area contributed by atoms with Crippen molar-refractivity contribution in [2.75, 3.05) is 26.2 Å². The molecular formula is C15H17N5O. The van der Waals surface area contributed by atoms with Gasteiger partial charge in [0.1, 0.15) is 17.3 Å². The van der Waals surface area contributed by atoms with Crippen LogP contribution in [-0.4, -0.2) is 52.4 Å². The van der Waals surface area contributed by atoms with Crippen LogP contribution in [0.5, 0.6) is 0 Å². The van der Waals surface area contributed by atoms with Crippen LogP contribution in [0.25, 0.3) is 0 Å². The molecule has 0 atom stereocenters. The molecule has 1 aromatic rings. The topological polar surface area (TPSA) is 84.0 Å². The molecule has 108 valence electrons. The lowest BCUT2D eigenvalue weighted by atomic mass is 10.0. The molecule has 1 aliphatic rings. The van der Waals surface area contributed by atoms with Gasteiger partial charge in [0.2, 0.25) is 0 Å². The Morgan fingerprint density at radius 1 is 1.24 bits per heavy atom. The quantitative estimate of drug-likeness (QED) is 0.809. The molecule has 1 aromatic heterocycles. The number of piperazine rings is 1. The van der Waals surface area contributed by atoms with Gasteiger partial charge in [-0.05, 0) is 26.0 Å². The van der Waals surface area contributed by atoms with Crippen LogP contribution in [0.4, 0.5) is 0 Å². The van der Waals surface area contributed by atoms with Crippen LogP contribution in [0.2, 0.25) is 0 Å². The van der Waals surface area contributed by atoms with E-state index in [0.717, 1.165) is 0 Å². The van der Waals surface area contributed by atoms with E-state index in [0.29, 0.717) is 37.4 Å². The zero-order chi connectivity index (χ0) is 15.5. The number of nitrogens with zero attached hydrogens (tertiary/aromatic N) is 5. The third-order valence-electron chi connectivity index (χ3n) is 3.74. The summed E-state index contributed by atoms with van der Waals surface area (Å²) in [4.78, 5) is 20.2. The molecule has 6 heteroatoms. The van der Waals surface area contributed by atoms with Gasteiger partial charge in [-0.1, -0.05) is 0 Å². The SMILES string of the molecule is CC(C)(C#N)N1CCN(C(=O)c2ccc(C#N)cn2)CC1. The average Bonchev–Trinajstić information content (AvgIpc) is 2.54. The number of carbonyl (C=O) groups is 1. The maximum atomic E-state index is 12.3. The van der Waals surface area contributed by atoms with Gasteiger partial charge in [0.15, 0.2) is 0 Å². The number of hydrogen-bond donors (Lipinski definition) is 0. The Kier molecular flexibility index (Phi) is 4.21. The van der Waals surface area contributed by atoms with E-state index in [1.165, 1.54) is 6.20 Å². The lowest BCUT2D eigenvalue weighted by Crippen LogP contribution is -2.55. The zero-order valence-corrected chi connectivity index (χ0v) is 12.2. The van der Waals surface area contributed by atoms with Gasteiger partial charge in [-0.25, -0.2) is 4.98 Å². The van der Waals surface area contributed by atoms with Crippen LogP contribution >= 0.6 is 0 Å². The normalized spacial score (nSPS) is 16.1. The number of hydrogen-bond acceptors (Lipinski definition) is 5. The van der Waals surface area contributed by atoms with Crippen molar-refractivity contribution in [2.45, 2.75) is 19.4 Å². The lowest BCUT2D eigenvalue weighted by molar-refractivity contribution is 0.0516. The summed E-state index contributed by atoms with van der Waals surface area (Å²) < 4.78 is 0. The van der Waals surface area contributed by atoms with Crippen LogP contribution in [0.1, 0.15) is 29.9 Å². The van der Waals surface area contributed by atoms with Crippen LogP contribution < -0.4 is 0 Å². The van der Waals surface area contributed by atoms with Crippen molar-refractivity contribution in [1.82, 2.24) is 14.8 Å². The Hall–Kier alpha value is -2.44. The van der Waals surface area contributed by atoms with Gasteiger partial charge in [0, 0.05) is 32.4 Å². The fraction of sp³-hybridized carbons (Fsp3) is 0.467. The Labute approximate surface area is 124 Å². The summed E-state index contributed by atoms with van der Waals surface area (Å²) in [5.41, 5.74) is 0.274. The van der Waals surface area contributed by atoms with Crippen molar-refractivity contribution >= 4 is 5.91 Å². The number of nitriles is 2. The highest BCUT2D eigenvalue weighted by Crippen LogP contribution is 2.16. The minimum absolute atomic E-state index is 0.131. The Balaban J connectivity index is 2.00. The summed E-state index contributed by atoms with van der Waals surface area (Å²) in [6.45, 7) is 6.25. The molecule has 2 heterocycles. The number of pyridine rings is 1. The van der Waals surface area contributed by atoms with E-state index >= 15 is 0 Å².